The van der Waals surface area contributed by atoms with E-state index in [9.17, 15) is 14.0 Å². The zero-order valence-corrected chi connectivity index (χ0v) is 12.5. The van der Waals surface area contributed by atoms with Gasteiger partial charge in [-0.1, -0.05) is 23.7 Å². The van der Waals surface area contributed by atoms with Crippen LogP contribution in [-0.4, -0.2) is 18.3 Å². The Morgan fingerprint density at radius 2 is 2.00 bits per heavy atom. The van der Waals surface area contributed by atoms with E-state index in [1.807, 2.05) is 0 Å². The Morgan fingerprint density at radius 3 is 2.68 bits per heavy atom. The van der Waals surface area contributed by atoms with E-state index in [1.165, 1.54) is 19.1 Å². The molecular formula is C16H13ClFNO3. The molecule has 0 spiro atoms. The van der Waals surface area contributed by atoms with Gasteiger partial charge in [0.25, 0.3) is 5.91 Å². The lowest BCUT2D eigenvalue weighted by Gasteiger charge is -2.09. The van der Waals surface area contributed by atoms with E-state index in [4.69, 9.17) is 16.3 Å². The van der Waals surface area contributed by atoms with Crippen LogP contribution < -0.4 is 10.1 Å². The monoisotopic (exact) mass is 321 g/mol. The Kier molecular flexibility index (Phi) is 5.12. The minimum Gasteiger partial charge on any atom is -0.484 e. The van der Waals surface area contributed by atoms with Crippen molar-refractivity contribution >= 4 is 29.0 Å². The van der Waals surface area contributed by atoms with Crippen LogP contribution >= 0.6 is 11.6 Å². The van der Waals surface area contributed by atoms with Gasteiger partial charge < -0.3 is 10.1 Å². The predicted octanol–water partition coefficient (Wildman–Crippen LogP) is 3.70. The molecule has 4 nitrogen and oxygen atoms in total. The van der Waals surface area contributed by atoms with Crippen LogP contribution in [0.5, 0.6) is 5.75 Å². The van der Waals surface area contributed by atoms with E-state index >= 15 is 0 Å². The van der Waals surface area contributed by atoms with Crippen molar-refractivity contribution in [3.05, 3.63) is 58.9 Å². The molecule has 2 rings (SSSR count). The van der Waals surface area contributed by atoms with Gasteiger partial charge in [0, 0.05) is 10.6 Å². The molecule has 0 unspecified atom stereocenters. The second kappa shape index (κ2) is 7.04. The summed E-state index contributed by atoms with van der Waals surface area (Å²) < 4.78 is 18.8. The summed E-state index contributed by atoms with van der Waals surface area (Å²) in [4.78, 5) is 23.0. The number of carbonyl (C=O) groups is 2. The molecule has 0 radical (unpaired) electrons. The summed E-state index contributed by atoms with van der Waals surface area (Å²) in [5.41, 5.74) is 0.511. The minimum atomic E-state index is -0.626. The molecule has 0 aromatic heterocycles. The van der Waals surface area contributed by atoms with Gasteiger partial charge in [-0.2, -0.15) is 0 Å². The number of ketones is 1. The van der Waals surface area contributed by atoms with Crippen molar-refractivity contribution < 1.29 is 18.7 Å². The summed E-state index contributed by atoms with van der Waals surface area (Å²) in [6.07, 6.45) is 0. The van der Waals surface area contributed by atoms with Crippen LogP contribution in [0.3, 0.4) is 0 Å². The molecule has 0 atom stereocenters. The first-order valence-electron chi connectivity index (χ1n) is 6.44. The lowest BCUT2D eigenvalue weighted by Crippen LogP contribution is -2.20. The molecule has 1 amide bonds. The van der Waals surface area contributed by atoms with Gasteiger partial charge in [0.1, 0.15) is 11.6 Å². The number of rotatable bonds is 5. The van der Waals surface area contributed by atoms with Crippen LogP contribution in [0.4, 0.5) is 10.1 Å². The van der Waals surface area contributed by atoms with Crippen molar-refractivity contribution in [2.45, 2.75) is 6.92 Å². The zero-order valence-electron chi connectivity index (χ0n) is 11.7. The third kappa shape index (κ3) is 4.30. The molecule has 0 aliphatic heterocycles. The first kappa shape index (κ1) is 16.0. The van der Waals surface area contributed by atoms with Crippen molar-refractivity contribution in [3.8, 4) is 5.75 Å². The van der Waals surface area contributed by atoms with E-state index < -0.39 is 11.7 Å². The van der Waals surface area contributed by atoms with E-state index in [-0.39, 0.29) is 23.1 Å². The summed E-state index contributed by atoms with van der Waals surface area (Å²) in [5, 5.41) is 2.62. The van der Waals surface area contributed by atoms with Gasteiger partial charge in [0.2, 0.25) is 0 Å². The number of benzene rings is 2. The zero-order chi connectivity index (χ0) is 16.1. The smallest absolute Gasteiger partial charge is 0.262 e. The maximum atomic E-state index is 13.5. The van der Waals surface area contributed by atoms with Crippen LogP contribution in [0.15, 0.2) is 42.5 Å². The molecule has 0 saturated carbocycles. The molecule has 0 bridgehead atoms. The molecule has 0 fully saturated rings. The molecule has 0 aliphatic rings. The molecule has 6 heteroatoms. The van der Waals surface area contributed by atoms with Crippen LogP contribution in [0.1, 0.15) is 17.3 Å². The number of hydrogen-bond donors (Lipinski definition) is 1. The molecule has 2 aromatic rings. The van der Waals surface area contributed by atoms with Crippen LogP contribution in [0.2, 0.25) is 5.02 Å². The topological polar surface area (TPSA) is 55.4 Å². The van der Waals surface area contributed by atoms with E-state index in [1.54, 1.807) is 24.3 Å². The highest BCUT2D eigenvalue weighted by Crippen LogP contribution is 2.19. The maximum Gasteiger partial charge on any atom is 0.262 e. The fourth-order valence-electron chi connectivity index (χ4n) is 1.73. The number of carbonyl (C=O) groups excluding carboxylic acids is 2. The Labute approximate surface area is 131 Å². The van der Waals surface area contributed by atoms with E-state index in [2.05, 4.69) is 5.32 Å². The van der Waals surface area contributed by atoms with Gasteiger partial charge in [-0.15, -0.1) is 0 Å². The van der Waals surface area contributed by atoms with Crippen molar-refractivity contribution in [1.82, 2.24) is 0 Å². The summed E-state index contributed by atoms with van der Waals surface area (Å²) in [6, 6.07) is 10.4. The molecular weight excluding hydrogens is 309 g/mol. The Hall–Kier alpha value is -2.40. The highest BCUT2D eigenvalue weighted by molar-refractivity contribution is 6.30. The number of Topliss-reactive ketones (excluding diaryl/α,β-unsaturated/α-hetero) is 1. The van der Waals surface area contributed by atoms with Crippen LogP contribution in [0.25, 0.3) is 0 Å². The Balaban J connectivity index is 1.95. The summed E-state index contributed by atoms with van der Waals surface area (Å²) in [5.74, 6) is -0.855. The largest absolute Gasteiger partial charge is 0.484 e. The van der Waals surface area contributed by atoms with Gasteiger partial charge in [-0.05, 0) is 37.3 Å². The second-order valence-electron chi connectivity index (χ2n) is 4.55. The number of nitrogens with one attached hydrogen (secondary N) is 1. The van der Waals surface area contributed by atoms with Gasteiger partial charge in [0.05, 0.1) is 5.69 Å². The number of amides is 1. The van der Waals surface area contributed by atoms with Crippen molar-refractivity contribution in [1.29, 1.82) is 0 Å². The average molecular weight is 322 g/mol. The molecule has 1 N–H and O–H groups in total. The summed E-state index contributed by atoms with van der Waals surface area (Å²) in [6.45, 7) is 1.14. The third-order valence-corrected chi connectivity index (χ3v) is 3.05. The standard InChI is InChI=1S/C16H13ClFNO3/c1-10(20)11-3-2-4-13(7-11)22-9-16(21)19-15-6-5-12(17)8-14(15)18/h2-8H,9H2,1H3,(H,19,21). The first-order chi connectivity index (χ1) is 10.5. The fourth-order valence-corrected chi connectivity index (χ4v) is 1.89. The van der Waals surface area contributed by atoms with Gasteiger partial charge in [-0.3, -0.25) is 9.59 Å². The Bertz CT molecular complexity index is 718. The van der Waals surface area contributed by atoms with Crippen molar-refractivity contribution in [2.24, 2.45) is 0 Å². The lowest BCUT2D eigenvalue weighted by atomic mass is 10.1. The fraction of sp³-hybridized carbons (Fsp3) is 0.125. The maximum absolute atomic E-state index is 13.5. The van der Waals surface area contributed by atoms with E-state index in [0.29, 0.717) is 11.3 Å². The number of ether oxygens (including phenoxy) is 1. The third-order valence-electron chi connectivity index (χ3n) is 2.82. The average Bonchev–Trinajstić information content (AvgIpc) is 2.48. The van der Waals surface area contributed by atoms with E-state index in [0.717, 1.165) is 6.07 Å². The highest BCUT2D eigenvalue weighted by Gasteiger charge is 2.09. The summed E-state index contributed by atoms with van der Waals surface area (Å²) in [7, 11) is 0. The highest BCUT2D eigenvalue weighted by atomic mass is 35.5. The van der Waals surface area contributed by atoms with Crippen LogP contribution in [-0.2, 0) is 4.79 Å². The SMILES string of the molecule is CC(=O)c1cccc(OCC(=O)Nc2ccc(Cl)cc2F)c1. The van der Waals surface area contributed by atoms with Crippen molar-refractivity contribution in [2.75, 3.05) is 11.9 Å². The van der Waals surface area contributed by atoms with Crippen molar-refractivity contribution in [3.63, 3.8) is 0 Å². The molecule has 22 heavy (non-hydrogen) atoms. The van der Waals surface area contributed by atoms with Gasteiger partial charge in [-0.25, -0.2) is 4.39 Å². The van der Waals surface area contributed by atoms with Crippen LogP contribution in [0, 0.1) is 5.82 Å². The number of hydrogen-bond acceptors (Lipinski definition) is 3. The summed E-state index contributed by atoms with van der Waals surface area (Å²) >= 11 is 5.63. The Morgan fingerprint density at radius 1 is 1.23 bits per heavy atom. The number of halogens is 2. The number of anilines is 1. The molecule has 2 aromatic carbocycles. The normalized spacial score (nSPS) is 10.1. The van der Waals surface area contributed by atoms with Gasteiger partial charge in [0.15, 0.2) is 12.4 Å². The lowest BCUT2D eigenvalue weighted by molar-refractivity contribution is -0.118. The molecule has 0 aliphatic carbocycles. The molecule has 114 valence electrons. The molecule has 0 heterocycles. The minimum absolute atomic E-state index is 0.0236. The van der Waals surface area contributed by atoms with Gasteiger partial charge >= 0.3 is 0 Å². The first-order valence-corrected chi connectivity index (χ1v) is 6.82. The quantitative estimate of drug-likeness (QED) is 0.854. The predicted molar refractivity (Wildman–Crippen MR) is 82.0 cm³/mol. The second-order valence-corrected chi connectivity index (χ2v) is 4.98. The molecule has 0 saturated heterocycles.